The lowest BCUT2D eigenvalue weighted by Crippen LogP contribution is -2.71. The lowest BCUT2D eigenvalue weighted by Gasteiger charge is -2.49. The van der Waals surface area contributed by atoms with Crippen LogP contribution in [0.1, 0.15) is 5.69 Å². The van der Waals surface area contributed by atoms with Gasteiger partial charge in [-0.1, -0.05) is 5.16 Å². The summed E-state index contributed by atoms with van der Waals surface area (Å²) in [5.41, 5.74) is 5.14. The minimum atomic E-state index is -3.74. The Morgan fingerprint density at radius 2 is 2.21 bits per heavy atom. The molecule has 5 N–H and O–H groups in total. The van der Waals surface area contributed by atoms with Crippen molar-refractivity contribution in [3.05, 3.63) is 22.3 Å². The fourth-order valence-electron chi connectivity index (χ4n) is 3.31. The topological polar surface area (TPSA) is 210 Å². The van der Waals surface area contributed by atoms with Crippen molar-refractivity contribution in [1.29, 1.82) is 0 Å². The lowest BCUT2D eigenvalue weighted by molar-refractivity contribution is -0.150. The van der Waals surface area contributed by atoms with Crippen LogP contribution in [-0.4, -0.2) is 95.6 Å². The number of thioether (sulfide) groups is 1. The number of carbonyl (C=O) groups excluding carboxylic acids is 3. The number of fused-ring (bicyclic) bond motifs is 1. The molecule has 1 aromatic rings. The Balaban J connectivity index is 1.77. The summed E-state index contributed by atoms with van der Waals surface area (Å²) in [4.78, 5) is 57.4. The molecular weight excluding hydrogens is 512 g/mol. The van der Waals surface area contributed by atoms with Gasteiger partial charge in [0.05, 0.1) is 11.5 Å². The van der Waals surface area contributed by atoms with Crippen molar-refractivity contribution < 1.29 is 37.5 Å². The van der Waals surface area contributed by atoms with E-state index in [0.717, 1.165) is 28.0 Å². The summed E-state index contributed by atoms with van der Waals surface area (Å²) < 4.78 is 24.6. The number of carboxylic acid groups (broad SMARTS) is 1. The molecule has 1 fully saturated rings. The number of carboxylic acids is 1. The molecule has 2 aliphatic rings. The van der Waals surface area contributed by atoms with Crippen molar-refractivity contribution >= 4 is 68.0 Å². The van der Waals surface area contributed by atoms with Crippen LogP contribution < -0.4 is 16.4 Å². The van der Waals surface area contributed by atoms with Gasteiger partial charge in [-0.15, -0.1) is 23.1 Å². The highest BCUT2D eigenvalue weighted by Crippen LogP contribution is 2.40. The molecule has 14 nitrogen and oxygen atoms in total. The summed E-state index contributed by atoms with van der Waals surface area (Å²) in [6, 6.07) is -1.07. The Morgan fingerprint density at radius 3 is 2.79 bits per heavy atom. The highest BCUT2D eigenvalue weighted by atomic mass is 32.2. The summed E-state index contributed by atoms with van der Waals surface area (Å²) in [7, 11) is -2.52. The number of hydrogen-bond donors (Lipinski definition) is 4. The summed E-state index contributed by atoms with van der Waals surface area (Å²) >= 11 is 2.20. The molecule has 0 aromatic carbocycles. The quantitative estimate of drug-likeness (QED) is 0.0803. The summed E-state index contributed by atoms with van der Waals surface area (Å²) in [5, 5.41) is 19.0. The number of rotatable bonds is 11. The van der Waals surface area contributed by atoms with E-state index in [4.69, 9.17) is 5.73 Å². The normalized spacial score (nSPS) is 20.3. The number of amides is 3. The van der Waals surface area contributed by atoms with E-state index in [0.29, 0.717) is 6.41 Å². The molecule has 0 aliphatic carbocycles. The van der Waals surface area contributed by atoms with E-state index in [9.17, 15) is 32.7 Å². The molecule has 0 saturated carbocycles. The highest BCUT2D eigenvalue weighted by molar-refractivity contribution is 8.00. The van der Waals surface area contributed by atoms with Crippen LogP contribution in [0.4, 0.5) is 5.13 Å². The van der Waals surface area contributed by atoms with Crippen LogP contribution in [0.5, 0.6) is 0 Å². The van der Waals surface area contributed by atoms with Crippen molar-refractivity contribution in [2.24, 2.45) is 5.16 Å². The Morgan fingerprint density at radius 1 is 1.47 bits per heavy atom. The van der Waals surface area contributed by atoms with Crippen LogP contribution in [0.15, 0.2) is 21.8 Å². The Bertz CT molecular complexity index is 1180. The number of sulfone groups is 1. The Labute approximate surface area is 201 Å². The van der Waals surface area contributed by atoms with Gasteiger partial charge in [-0.25, -0.2) is 18.2 Å². The number of anilines is 1. The number of aromatic nitrogens is 1. The first-order chi connectivity index (χ1) is 16.1. The van der Waals surface area contributed by atoms with Crippen LogP contribution >= 0.6 is 23.1 Å². The fraction of sp³-hybridized carbons (Fsp3) is 0.412. The number of nitrogens with one attached hydrogen (secondary N) is 2. The molecule has 184 valence electrons. The van der Waals surface area contributed by atoms with E-state index in [1.165, 1.54) is 12.5 Å². The van der Waals surface area contributed by atoms with Gasteiger partial charge >= 0.3 is 5.97 Å². The number of hydrogen-bond acceptors (Lipinski definition) is 12. The third-order valence-electron chi connectivity index (χ3n) is 4.73. The predicted molar refractivity (Wildman–Crippen MR) is 122 cm³/mol. The van der Waals surface area contributed by atoms with E-state index >= 15 is 0 Å². The first-order valence-corrected chi connectivity index (χ1v) is 13.3. The molecular formula is C17H20N6O8S3. The van der Waals surface area contributed by atoms with Gasteiger partial charge < -0.3 is 26.3 Å². The number of nitrogens with two attached hydrogens (primary N) is 1. The van der Waals surface area contributed by atoms with E-state index < -0.39 is 50.5 Å². The Hall–Kier alpha value is -3.18. The molecule has 0 bridgehead atoms. The molecule has 0 radical (unpaired) electrons. The molecule has 0 spiro atoms. The monoisotopic (exact) mass is 532 g/mol. The molecule has 1 unspecified atom stereocenters. The zero-order chi connectivity index (χ0) is 25.0. The van der Waals surface area contributed by atoms with Crippen LogP contribution in [-0.2, 0) is 33.9 Å². The predicted octanol–water partition coefficient (Wildman–Crippen LogP) is -2.02. The van der Waals surface area contributed by atoms with E-state index in [1.54, 1.807) is 0 Å². The molecule has 3 heterocycles. The lowest BCUT2D eigenvalue weighted by atomic mass is 10.0. The maximum absolute atomic E-state index is 12.8. The van der Waals surface area contributed by atoms with Gasteiger partial charge in [0.25, 0.3) is 11.8 Å². The highest BCUT2D eigenvalue weighted by Gasteiger charge is 2.54. The SMILES string of the molecule is CO/N=C(\C(=O)NC1C(=O)N2C(C(=O)O)=C(CS(=O)(=O)CCNC=O)CS[C@H]12)c1csc(N)n1. The fourth-order valence-corrected chi connectivity index (χ4v) is 6.67. The molecule has 3 amide bonds. The number of thiazole rings is 1. The largest absolute Gasteiger partial charge is 0.477 e. The second kappa shape index (κ2) is 10.4. The van der Waals surface area contributed by atoms with Crippen molar-refractivity contribution in [3.63, 3.8) is 0 Å². The summed E-state index contributed by atoms with van der Waals surface area (Å²) in [6.45, 7) is -0.121. The van der Waals surface area contributed by atoms with Gasteiger partial charge in [0.1, 0.15) is 29.9 Å². The van der Waals surface area contributed by atoms with Gasteiger partial charge in [-0.3, -0.25) is 19.3 Å². The van der Waals surface area contributed by atoms with Crippen LogP contribution in [0.2, 0.25) is 0 Å². The van der Waals surface area contributed by atoms with Gasteiger partial charge in [-0.05, 0) is 5.57 Å². The second-order valence-electron chi connectivity index (χ2n) is 6.98. The molecule has 2 aliphatic heterocycles. The Kier molecular flexibility index (Phi) is 7.78. The summed E-state index contributed by atoms with van der Waals surface area (Å²) in [6.07, 6.45) is 0.359. The standard InChI is InChI=1S/C17H20N6O8S3/c1-31-22-10(9-5-33-17(18)20-9)13(25)21-11-14(26)23-12(16(27)28)8(4-32-15(11)23)6-34(29,30)3-2-19-7-24/h5,7,11,15H,2-4,6H2,1H3,(H2,18,20)(H,19,24)(H,21,25)(H,27,28)/b22-10-/t11?,15-/m1/s1. The first-order valence-electron chi connectivity index (χ1n) is 9.50. The van der Waals surface area contributed by atoms with Crippen LogP contribution in [0.3, 0.4) is 0 Å². The molecule has 1 saturated heterocycles. The van der Waals surface area contributed by atoms with E-state index in [1.807, 2.05) is 0 Å². The molecule has 34 heavy (non-hydrogen) atoms. The number of oxime groups is 1. The van der Waals surface area contributed by atoms with Gasteiger partial charge in [0, 0.05) is 17.7 Å². The summed E-state index contributed by atoms with van der Waals surface area (Å²) in [5.74, 6) is -3.89. The zero-order valence-electron chi connectivity index (χ0n) is 17.6. The molecule has 17 heteroatoms. The van der Waals surface area contributed by atoms with Crippen molar-refractivity contribution in [2.75, 3.05) is 36.6 Å². The second-order valence-corrected chi connectivity index (χ2v) is 11.2. The third-order valence-corrected chi connectivity index (χ3v) is 8.36. The number of β-lactam (4-membered cyclic amide) rings is 1. The van der Waals surface area contributed by atoms with Crippen LogP contribution in [0.25, 0.3) is 0 Å². The van der Waals surface area contributed by atoms with Gasteiger partial charge in [-0.2, -0.15) is 0 Å². The molecule has 2 atom stereocenters. The average molecular weight is 533 g/mol. The van der Waals surface area contributed by atoms with E-state index in [2.05, 4.69) is 25.6 Å². The van der Waals surface area contributed by atoms with Gasteiger partial charge in [0.2, 0.25) is 6.41 Å². The molecule has 3 rings (SSSR count). The first kappa shape index (κ1) is 25.4. The van der Waals surface area contributed by atoms with Crippen molar-refractivity contribution in [3.8, 4) is 0 Å². The van der Waals surface area contributed by atoms with Crippen LogP contribution in [0, 0.1) is 0 Å². The van der Waals surface area contributed by atoms with E-state index in [-0.39, 0.29) is 40.2 Å². The maximum Gasteiger partial charge on any atom is 0.352 e. The average Bonchev–Trinajstić information content (AvgIpc) is 3.20. The number of aliphatic carboxylic acids is 1. The number of carbonyl (C=O) groups is 4. The molecule has 1 aromatic heterocycles. The smallest absolute Gasteiger partial charge is 0.352 e. The zero-order valence-corrected chi connectivity index (χ0v) is 20.0. The minimum Gasteiger partial charge on any atom is -0.477 e. The van der Waals surface area contributed by atoms with Gasteiger partial charge in [0.15, 0.2) is 20.7 Å². The third kappa shape index (κ3) is 5.31. The van der Waals surface area contributed by atoms with Crippen molar-refractivity contribution in [1.82, 2.24) is 20.5 Å². The number of nitrogens with zero attached hydrogens (tertiary/aromatic N) is 3. The number of nitrogen functional groups attached to an aromatic ring is 1. The maximum atomic E-state index is 12.8. The minimum absolute atomic E-state index is 0.0183. The van der Waals surface area contributed by atoms with Crippen molar-refractivity contribution in [2.45, 2.75) is 11.4 Å².